The number of allylic oxidation sites excluding steroid dienone is 15. The summed E-state index contributed by atoms with van der Waals surface area (Å²) in [5.41, 5.74) is 0. The zero-order valence-electron chi connectivity index (χ0n) is 53.7. The summed E-state index contributed by atoms with van der Waals surface area (Å²) in [6.07, 6.45) is 70.1. The van der Waals surface area contributed by atoms with Crippen molar-refractivity contribution in [1.29, 1.82) is 0 Å². The van der Waals surface area contributed by atoms with E-state index in [2.05, 4.69) is 111 Å². The molecule has 0 bridgehead atoms. The molecule has 0 aromatic carbocycles. The van der Waals surface area contributed by atoms with Crippen LogP contribution < -0.4 is 5.32 Å². The largest absolute Gasteiger partial charge is 0.454 e. The first-order valence-electron chi connectivity index (χ1n) is 34.5. The van der Waals surface area contributed by atoms with E-state index in [1.807, 2.05) is 6.08 Å². The highest BCUT2D eigenvalue weighted by molar-refractivity contribution is 5.80. The van der Waals surface area contributed by atoms with E-state index in [0.717, 1.165) is 116 Å². The van der Waals surface area contributed by atoms with Crippen LogP contribution in [-0.4, -0.2) is 99.6 Å². The van der Waals surface area contributed by atoms with Crippen LogP contribution in [0.5, 0.6) is 0 Å². The Labute approximate surface area is 514 Å². The van der Waals surface area contributed by atoms with Crippen molar-refractivity contribution in [3.63, 3.8) is 0 Å². The lowest BCUT2D eigenvalue weighted by Gasteiger charge is -2.41. The normalized spacial score (nSPS) is 19.1. The number of unbranched alkanes of at least 4 members (excludes halogenated alkanes) is 30. The number of amides is 1. The molecule has 1 fully saturated rings. The summed E-state index contributed by atoms with van der Waals surface area (Å²) >= 11 is 0. The second-order valence-electron chi connectivity index (χ2n) is 23.5. The predicted octanol–water partition coefficient (Wildman–Crippen LogP) is 17.5. The highest BCUT2D eigenvalue weighted by Crippen LogP contribution is 2.26. The maximum Gasteiger partial charge on any atom is 0.306 e. The third kappa shape index (κ3) is 46.8. The molecule has 0 aromatic heterocycles. The fourth-order valence-electron chi connectivity index (χ4n) is 10.3. The summed E-state index contributed by atoms with van der Waals surface area (Å²) < 4.78 is 17.7. The first-order valence-corrected chi connectivity index (χ1v) is 34.5. The van der Waals surface area contributed by atoms with Crippen LogP contribution in [0.3, 0.4) is 0 Å². The minimum atomic E-state index is -1.62. The first kappa shape index (κ1) is 78.6. The van der Waals surface area contributed by atoms with Gasteiger partial charge in [0, 0.05) is 6.42 Å². The van der Waals surface area contributed by atoms with Crippen molar-refractivity contribution in [2.75, 3.05) is 13.2 Å². The van der Waals surface area contributed by atoms with Crippen molar-refractivity contribution < 1.29 is 49.3 Å². The lowest BCUT2D eigenvalue weighted by Crippen LogP contribution is -2.61. The summed E-state index contributed by atoms with van der Waals surface area (Å²) in [7, 11) is 0. The number of carbonyl (C=O) groups excluding carboxylic acids is 2. The number of nitrogens with one attached hydrogen (secondary N) is 1. The van der Waals surface area contributed by atoms with Crippen LogP contribution in [0.1, 0.15) is 290 Å². The Hall–Kier alpha value is -3.42. The summed E-state index contributed by atoms with van der Waals surface area (Å²) in [5.74, 6) is -1.20. The second-order valence-corrected chi connectivity index (χ2v) is 23.5. The van der Waals surface area contributed by atoms with Crippen LogP contribution in [-0.2, 0) is 23.8 Å². The van der Waals surface area contributed by atoms with E-state index in [4.69, 9.17) is 14.2 Å². The molecule has 0 spiro atoms. The molecule has 0 aliphatic carbocycles. The molecule has 1 rings (SSSR count). The van der Waals surface area contributed by atoms with Gasteiger partial charge in [0.05, 0.1) is 25.4 Å². The van der Waals surface area contributed by atoms with E-state index in [9.17, 15) is 35.1 Å². The maximum absolute atomic E-state index is 13.5. The van der Waals surface area contributed by atoms with Gasteiger partial charge in [-0.1, -0.05) is 279 Å². The molecule has 8 atom stereocenters. The Morgan fingerprint density at radius 1 is 0.476 bits per heavy atom. The predicted molar refractivity (Wildman–Crippen MR) is 352 cm³/mol. The van der Waals surface area contributed by atoms with Gasteiger partial charge < -0.3 is 45.1 Å². The van der Waals surface area contributed by atoms with Crippen LogP contribution in [0.2, 0.25) is 0 Å². The lowest BCUT2D eigenvalue weighted by molar-refractivity contribution is -0.305. The summed E-state index contributed by atoms with van der Waals surface area (Å²) in [4.78, 5) is 26.7. The minimum Gasteiger partial charge on any atom is -0.454 e. The van der Waals surface area contributed by atoms with E-state index < -0.39 is 67.4 Å². The fourth-order valence-corrected chi connectivity index (χ4v) is 10.3. The zero-order valence-corrected chi connectivity index (χ0v) is 53.7. The molecule has 1 aliphatic rings. The highest BCUT2D eigenvalue weighted by atomic mass is 16.7. The number of hydrogen-bond acceptors (Lipinski definition) is 10. The number of esters is 1. The molecule has 1 amide bonds. The Balaban J connectivity index is 2.60. The van der Waals surface area contributed by atoms with Crippen LogP contribution in [0, 0.1) is 0 Å². The van der Waals surface area contributed by atoms with Gasteiger partial charge in [0.1, 0.15) is 24.4 Å². The van der Waals surface area contributed by atoms with Crippen LogP contribution in [0.25, 0.3) is 0 Å². The summed E-state index contributed by atoms with van der Waals surface area (Å²) in [5, 5.41) is 57.2. The van der Waals surface area contributed by atoms with E-state index >= 15 is 0 Å². The lowest BCUT2D eigenvalue weighted by atomic mass is 9.99. The quantitative estimate of drug-likeness (QED) is 0.0195. The smallest absolute Gasteiger partial charge is 0.306 e. The molecule has 1 heterocycles. The number of ether oxygens (including phenoxy) is 3. The molecule has 11 nitrogen and oxygen atoms in total. The third-order valence-electron chi connectivity index (χ3n) is 15.7. The Bertz CT molecular complexity index is 1740. The molecule has 11 heteroatoms. The average Bonchev–Trinajstić information content (AvgIpc) is 3.69. The minimum absolute atomic E-state index is 0.111. The van der Waals surface area contributed by atoms with Gasteiger partial charge in [-0.2, -0.15) is 0 Å². The van der Waals surface area contributed by atoms with Crippen LogP contribution >= 0.6 is 0 Å². The van der Waals surface area contributed by atoms with E-state index in [1.54, 1.807) is 6.08 Å². The molecule has 0 radical (unpaired) electrons. The summed E-state index contributed by atoms with van der Waals surface area (Å²) in [6.45, 7) is 5.66. The van der Waals surface area contributed by atoms with E-state index in [-0.39, 0.29) is 19.4 Å². The molecular formula is C73H127NO10. The van der Waals surface area contributed by atoms with Gasteiger partial charge >= 0.3 is 5.97 Å². The molecule has 1 aliphatic heterocycles. The third-order valence-corrected chi connectivity index (χ3v) is 15.7. The molecule has 84 heavy (non-hydrogen) atoms. The number of rotatable bonds is 58. The van der Waals surface area contributed by atoms with Crippen molar-refractivity contribution >= 4 is 11.9 Å². The number of aliphatic hydroxyl groups excluding tert-OH is 5. The fraction of sp³-hybridized carbons (Fsp3) is 0.753. The van der Waals surface area contributed by atoms with Crippen molar-refractivity contribution in [1.82, 2.24) is 5.32 Å². The first-order chi connectivity index (χ1) is 41.2. The Morgan fingerprint density at radius 2 is 0.857 bits per heavy atom. The molecule has 0 saturated carbocycles. The number of carbonyl (C=O) groups is 2. The number of hydrogen-bond donors (Lipinski definition) is 6. The van der Waals surface area contributed by atoms with Crippen molar-refractivity contribution in [3.8, 4) is 0 Å². The van der Waals surface area contributed by atoms with Crippen molar-refractivity contribution in [2.45, 2.75) is 339 Å². The molecule has 8 unspecified atom stereocenters. The van der Waals surface area contributed by atoms with E-state index in [0.29, 0.717) is 12.8 Å². The van der Waals surface area contributed by atoms with Crippen molar-refractivity contribution in [2.24, 2.45) is 0 Å². The van der Waals surface area contributed by atoms with Gasteiger partial charge in [0.15, 0.2) is 12.4 Å². The molecule has 484 valence electrons. The second kappa shape index (κ2) is 59.9. The van der Waals surface area contributed by atoms with Crippen molar-refractivity contribution in [3.05, 3.63) is 97.2 Å². The van der Waals surface area contributed by atoms with Gasteiger partial charge in [-0.25, -0.2) is 0 Å². The van der Waals surface area contributed by atoms with E-state index in [1.165, 1.54) is 128 Å². The molecule has 0 aromatic rings. The molecule has 1 saturated heterocycles. The molecule has 6 N–H and O–H groups in total. The number of aliphatic hydroxyl groups is 5. The van der Waals surface area contributed by atoms with Crippen LogP contribution in [0.4, 0.5) is 0 Å². The van der Waals surface area contributed by atoms with Gasteiger partial charge in [0.25, 0.3) is 0 Å². The van der Waals surface area contributed by atoms with Gasteiger partial charge in [0.2, 0.25) is 5.91 Å². The zero-order chi connectivity index (χ0) is 61.0. The standard InChI is InChI=1S/C73H127NO10/c1-4-7-10-13-16-19-22-25-27-29-31-32-33-34-35-36-37-39-41-43-46-49-52-55-58-61-68(78)84-71-70(80)69(79)67(62-75)83-73(71)82-63-64(65(76)59-56-53-50-47-44-24-21-18-15-12-9-6-3)74-72(81)66(77)60-57-54-51-48-45-42-40-38-30-28-26-23-20-17-14-11-8-5-2/h7,10,16-17,19-20,25-28,31-32,34-35,56,59,64-67,69-71,73,75-77,79-80H,4-6,8-9,11-15,18,21-24,29-30,33,36-55,57-58,60-63H2,1-3H3,(H,74,81)/b10-7-,19-16-,20-17-,27-25-,28-26-,32-31-,35-34-,59-56+. The monoisotopic (exact) mass is 1180 g/mol. The van der Waals surface area contributed by atoms with Gasteiger partial charge in [-0.15, -0.1) is 0 Å². The highest BCUT2D eigenvalue weighted by Gasteiger charge is 2.47. The molecular weight excluding hydrogens is 1050 g/mol. The van der Waals surface area contributed by atoms with Gasteiger partial charge in [-0.05, 0) is 103 Å². The SMILES string of the molecule is CC/C=C\C/C=C\C/C=C\C/C=C\C/C=C\CCCCCCCCCCCC(=O)OC1C(OCC(NC(=O)C(O)CCCCCCCCCC/C=C\C/C=C\CCCCC)C(O)/C=C/CCCCCCCCCCCC)OC(CO)C(O)C1O. The maximum atomic E-state index is 13.5. The summed E-state index contributed by atoms with van der Waals surface area (Å²) in [6, 6.07) is -1.03. The Morgan fingerprint density at radius 3 is 1.31 bits per heavy atom. The van der Waals surface area contributed by atoms with Crippen LogP contribution in [0.15, 0.2) is 97.2 Å². The topological polar surface area (TPSA) is 175 Å². The Kier molecular flexibility index (Phi) is 56.0. The van der Waals surface area contributed by atoms with Gasteiger partial charge in [-0.3, -0.25) is 9.59 Å². The average molecular weight is 1180 g/mol.